The van der Waals surface area contributed by atoms with Crippen LogP contribution in [0.1, 0.15) is 20.3 Å². The Morgan fingerprint density at radius 1 is 1.17 bits per heavy atom. The highest BCUT2D eigenvalue weighted by atomic mass is 19.4. The molecule has 0 spiro atoms. The molecule has 0 aliphatic rings. The Bertz CT molecular complexity index is 312. The predicted molar refractivity (Wildman–Crippen MR) is 53.3 cm³/mol. The van der Waals surface area contributed by atoms with Crippen LogP contribution in [-0.2, 0) is 9.59 Å². The third kappa shape index (κ3) is 4.67. The maximum absolute atomic E-state index is 12.4. The third-order valence-electron chi connectivity index (χ3n) is 2.33. The summed E-state index contributed by atoms with van der Waals surface area (Å²) in [5, 5.41) is 2.17. The van der Waals surface area contributed by atoms with Gasteiger partial charge in [-0.15, -0.1) is 0 Å². The number of hydrogen-bond acceptors (Lipinski definition) is 3. The second-order valence-electron chi connectivity index (χ2n) is 4.39. The fraction of sp³-hybridized carbons (Fsp3) is 0.800. The Balaban J connectivity index is 4.10. The monoisotopic (exact) mass is 275 g/mol. The number of carbonyl (C=O) groups is 2. The molecule has 0 aliphatic heterocycles. The Morgan fingerprint density at radius 2 is 1.67 bits per heavy atom. The van der Waals surface area contributed by atoms with Crippen molar-refractivity contribution in [3.63, 3.8) is 0 Å². The van der Waals surface area contributed by atoms with Crippen molar-refractivity contribution in [2.75, 3.05) is 13.1 Å². The van der Waals surface area contributed by atoms with Crippen molar-refractivity contribution in [1.82, 2.24) is 5.32 Å². The Hall–Kier alpha value is -1.05. The molecular weight excluding hydrogens is 261 g/mol. The van der Waals surface area contributed by atoms with Gasteiger partial charge >= 0.3 is 12.1 Å². The predicted octanol–water partition coefficient (Wildman–Crippen LogP) is 1.96. The van der Waals surface area contributed by atoms with Crippen LogP contribution in [0.5, 0.6) is 0 Å². The highest BCUT2D eigenvalue weighted by molar-refractivity contribution is 5.98. The van der Waals surface area contributed by atoms with E-state index in [9.17, 15) is 31.5 Å². The number of alkyl halides is 5. The van der Waals surface area contributed by atoms with E-state index in [1.807, 2.05) is 0 Å². The number of aldehydes is 1. The molecule has 0 aromatic carbocycles. The maximum Gasteiger partial charge on any atom is 0.453 e. The molecule has 0 radical (unpaired) electrons. The summed E-state index contributed by atoms with van der Waals surface area (Å²) in [6, 6.07) is 0. The number of rotatable bonds is 7. The molecule has 0 fully saturated rings. The molecular formula is C10H14F5NO2. The van der Waals surface area contributed by atoms with E-state index >= 15 is 0 Å². The molecule has 0 saturated carbocycles. The SMILES string of the molecule is CC(C)(C=O)C(=O)CNCCC(F)(F)C(F)(F)F. The molecule has 0 heterocycles. The molecule has 0 bridgehead atoms. The van der Waals surface area contributed by atoms with E-state index in [1.165, 1.54) is 13.8 Å². The number of nitrogens with one attached hydrogen (secondary N) is 1. The van der Waals surface area contributed by atoms with Gasteiger partial charge in [-0.2, -0.15) is 22.0 Å². The minimum absolute atomic E-state index is 0.390. The molecule has 0 atom stereocenters. The Labute approximate surface area is 101 Å². The lowest BCUT2D eigenvalue weighted by Crippen LogP contribution is -2.41. The molecule has 0 amide bonds. The van der Waals surface area contributed by atoms with Crippen molar-refractivity contribution in [1.29, 1.82) is 0 Å². The summed E-state index contributed by atoms with van der Waals surface area (Å²) in [5.74, 6) is -5.36. The second-order valence-corrected chi connectivity index (χ2v) is 4.39. The smallest absolute Gasteiger partial charge is 0.310 e. The third-order valence-corrected chi connectivity index (χ3v) is 2.33. The van der Waals surface area contributed by atoms with Crippen LogP contribution >= 0.6 is 0 Å². The number of halogens is 5. The van der Waals surface area contributed by atoms with E-state index in [1.54, 1.807) is 0 Å². The number of hydrogen-bond donors (Lipinski definition) is 1. The van der Waals surface area contributed by atoms with Gasteiger partial charge in [0.2, 0.25) is 0 Å². The summed E-state index contributed by atoms with van der Waals surface area (Å²) in [6.07, 6.45) is -6.66. The first kappa shape index (κ1) is 16.9. The summed E-state index contributed by atoms with van der Waals surface area (Å²) >= 11 is 0. The molecule has 0 unspecified atom stereocenters. The van der Waals surface area contributed by atoms with Gasteiger partial charge in [0.15, 0.2) is 5.78 Å². The van der Waals surface area contributed by atoms with Gasteiger partial charge in [-0.25, -0.2) is 0 Å². The van der Waals surface area contributed by atoms with Crippen molar-refractivity contribution in [2.45, 2.75) is 32.4 Å². The summed E-state index contributed by atoms with van der Waals surface area (Å²) < 4.78 is 60.2. The van der Waals surface area contributed by atoms with E-state index in [2.05, 4.69) is 5.32 Å². The minimum Gasteiger partial charge on any atom is -0.310 e. The van der Waals surface area contributed by atoms with E-state index in [0.717, 1.165) is 0 Å². The molecule has 0 aromatic heterocycles. The number of Topliss-reactive ketones (excluding diaryl/α,β-unsaturated/α-hetero) is 1. The second kappa shape index (κ2) is 5.73. The maximum atomic E-state index is 12.4. The van der Waals surface area contributed by atoms with Gasteiger partial charge < -0.3 is 10.1 Å². The van der Waals surface area contributed by atoms with Crippen molar-refractivity contribution in [3.05, 3.63) is 0 Å². The zero-order valence-corrected chi connectivity index (χ0v) is 9.90. The quantitative estimate of drug-likeness (QED) is 0.334. The van der Waals surface area contributed by atoms with Crippen LogP contribution in [0.4, 0.5) is 22.0 Å². The number of ketones is 1. The van der Waals surface area contributed by atoms with E-state index in [0.29, 0.717) is 6.29 Å². The summed E-state index contributed by atoms with van der Waals surface area (Å²) in [7, 11) is 0. The topological polar surface area (TPSA) is 46.2 Å². The van der Waals surface area contributed by atoms with Crippen LogP contribution in [0, 0.1) is 5.41 Å². The molecule has 106 valence electrons. The average molecular weight is 275 g/mol. The van der Waals surface area contributed by atoms with Crippen LogP contribution in [0.3, 0.4) is 0 Å². The zero-order chi connectivity index (χ0) is 14.6. The van der Waals surface area contributed by atoms with E-state index in [4.69, 9.17) is 0 Å². The normalized spacial score (nSPS) is 13.5. The molecule has 3 nitrogen and oxygen atoms in total. The summed E-state index contributed by atoms with van der Waals surface area (Å²) in [5.41, 5.74) is -1.28. The van der Waals surface area contributed by atoms with Crippen molar-refractivity contribution in [3.8, 4) is 0 Å². The molecule has 8 heteroatoms. The van der Waals surface area contributed by atoms with Crippen LogP contribution in [-0.4, -0.2) is 37.3 Å². The molecule has 0 saturated heterocycles. The zero-order valence-electron chi connectivity index (χ0n) is 9.90. The van der Waals surface area contributed by atoms with Crippen molar-refractivity contribution >= 4 is 12.1 Å². The molecule has 1 N–H and O–H groups in total. The van der Waals surface area contributed by atoms with Crippen LogP contribution in [0.15, 0.2) is 0 Å². The fourth-order valence-corrected chi connectivity index (χ4v) is 0.883. The Morgan fingerprint density at radius 3 is 2.06 bits per heavy atom. The standard InChI is InChI=1S/C10H14F5NO2/c1-8(2,6-17)7(18)5-16-4-3-9(11,12)10(13,14)15/h6,16H,3-5H2,1-2H3. The lowest BCUT2D eigenvalue weighted by atomic mass is 9.90. The lowest BCUT2D eigenvalue weighted by molar-refractivity contribution is -0.283. The first-order chi connectivity index (χ1) is 7.94. The molecule has 18 heavy (non-hydrogen) atoms. The number of carbonyl (C=O) groups excluding carboxylic acids is 2. The van der Waals surface area contributed by atoms with Gasteiger partial charge in [-0.1, -0.05) is 0 Å². The van der Waals surface area contributed by atoms with Crippen LogP contribution in [0.25, 0.3) is 0 Å². The largest absolute Gasteiger partial charge is 0.453 e. The van der Waals surface area contributed by atoms with E-state index < -0.39 is 42.8 Å². The van der Waals surface area contributed by atoms with Gasteiger partial charge in [-0.3, -0.25) is 4.79 Å². The minimum atomic E-state index is -5.60. The molecule has 0 aliphatic carbocycles. The first-order valence-electron chi connectivity index (χ1n) is 5.09. The summed E-state index contributed by atoms with van der Waals surface area (Å²) in [6.45, 7) is 1.55. The summed E-state index contributed by atoms with van der Waals surface area (Å²) in [4.78, 5) is 21.8. The van der Waals surface area contributed by atoms with Crippen LogP contribution in [0.2, 0.25) is 0 Å². The highest BCUT2D eigenvalue weighted by Gasteiger charge is 2.56. The van der Waals surface area contributed by atoms with Gasteiger partial charge in [0.25, 0.3) is 0 Å². The van der Waals surface area contributed by atoms with Crippen LogP contribution < -0.4 is 5.32 Å². The van der Waals surface area contributed by atoms with Crippen molar-refractivity contribution in [2.24, 2.45) is 5.41 Å². The Kier molecular flexibility index (Phi) is 5.39. The van der Waals surface area contributed by atoms with E-state index in [-0.39, 0.29) is 0 Å². The average Bonchev–Trinajstić information content (AvgIpc) is 2.22. The van der Waals surface area contributed by atoms with Gasteiger partial charge in [0.1, 0.15) is 6.29 Å². The fourth-order valence-electron chi connectivity index (χ4n) is 0.883. The van der Waals surface area contributed by atoms with Gasteiger partial charge in [-0.05, 0) is 13.8 Å². The molecule has 0 aromatic rings. The molecule has 0 rings (SSSR count). The lowest BCUT2D eigenvalue weighted by Gasteiger charge is -2.20. The van der Waals surface area contributed by atoms with Gasteiger partial charge in [0, 0.05) is 13.0 Å². The van der Waals surface area contributed by atoms with Crippen molar-refractivity contribution < 1.29 is 31.5 Å². The highest BCUT2D eigenvalue weighted by Crippen LogP contribution is 2.37. The van der Waals surface area contributed by atoms with Gasteiger partial charge in [0.05, 0.1) is 12.0 Å². The first-order valence-corrected chi connectivity index (χ1v) is 5.09.